The number of fused-ring (bicyclic) bond motifs is 1. The molecule has 26 heavy (non-hydrogen) atoms. The Kier molecular flexibility index (Phi) is 4.71. The average Bonchev–Trinajstić information content (AvgIpc) is 2.83. The Morgan fingerprint density at radius 2 is 1.88 bits per heavy atom. The molecule has 0 aromatic heterocycles. The second-order valence-corrected chi connectivity index (χ2v) is 6.39. The van der Waals surface area contributed by atoms with Crippen molar-refractivity contribution in [2.24, 2.45) is 0 Å². The SMILES string of the molecule is C[NH+](Cc1c(F)cccc1Cl)CN1C(=O)c2cccc([N+](=O)[O-])c2C1=O. The standard InChI is InChI=1S/C17H13ClFN3O4/c1-20(8-11-12(18)5-3-6-13(11)19)9-21-16(23)10-4-2-7-14(22(25)26)15(10)17(21)24/h2-7H,8-9H2,1H3/p+1. The first kappa shape index (κ1) is 18.0. The zero-order valence-corrected chi connectivity index (χ0v) is 14.4. The molecule has 1 aliphatic rings. The number of hydrogen-bond acceptors (Lipinski definition) is 4. The lowest BCUT2D eigenvalue weighted by Crippen LogP contribution is -3.09. The van der Waals surface area contributed by atoms with Crippen LogP contribution in [-0.2, 0) is 6.54 Å². The molecule has 2 aromatic carbocycles. The van der Waals surface area contributed by atoms with Gasteiger partial charge in [-0.2, -0.15) is 0 Å². The molecular formula is C17H14ClFN3O4+. The van der Waals surface area contributed by atoms with Crippen LogP contribution in [0.4, 0.5) is 10.1 Å². The molecule has 0 fully saturated rings. The molecule has 0 spiro atoms. The lowest BCUT2D eigenvalue weighted by molar-refractivity contribution is -0.901. The van der Waals surface area contributed by atoms with Gasteiger partial charge in [0.1, 0.15) is 17.9 Å². The van der Waals surface area contributed by atoms with Gasteiger partial charge in [-0.1, -0.05) is 23.7 Å². The van der Waals surface area contributed by atoms with Crippen LogP contribution in [0.25, 0.3) is 0 Å². The molecule has 1 N–H and O–H groups in total. The molecule has 1 aliphatic heterocycles. The molecule has 1 atom stereocenters. The van der Waals surface area contributed by atoms with Crippen LogP contribution >= 0.6 is 11.6 Å². The number of nitro benzene ring substituents is 1. The molecule has 2 aromatic rings. The van der Waals surface area contributed by atoms with Gasteiger partial charge in [0.25, 0.3) is 17.5 Å². The normalized spacial score (nSPS) is 14.5. The summed E-state index contributed by atoms with van der Waals surface area (Å²) in [5.74, 6) is -1.81. The van der Waals surface area contributed by atoms with Gasteiger partial charge in [-0.3, -0.25) is 19.7 Å². The van der Waals surface area contributed by atoms with E-state index in [2.05, 4.69) is 0 Å². The molecule has 3 rings (SSSR count). The summed E-state index contributed by atoms with van der Waals surface area (Å²) in [5, 5.41) is 11.4. The Morgan fingerprint density at radius 3 is 2.54 bits per heavy atom. The zero-order valence-electron chi connectivity index (χ0n) is 13.7. The van der Waals surface area contributed by atoms with E-state index in [1.54, 1.807) is 13.1 Å². The number of rotatable bonds is 5. The van der Waals surface area contributed by atoms with Crippen LogP contribution in [0.5, 0.6) is 0 Å². The minimum atomic E-state index is -0.726. The van der Waals surface area contributed by atoms with Crippen molar-refractivity contribution in [1.29, 1.82) is 0 Å². The zero-order chi connectivity index (χ0) is 19.0. The number of halogens is 2. The maximum atomic E-state index is 13.9. The van der Waals surface area contributed by atoms with Gasteiger partial charge in [0.15, 0.2) is 6.67 Å². The van der Waals surface area contributed by atoms with Crippen molar-refractivity contribution in [1.82, 2.24) is 4.90 Å². The summed E-state index contributed by atoms with van der Waals surface area (Å²) in [4.78, 5) is 37.0. The van der Waals surface area contributed by atoms with Gasteiger partial charge in [0, 0.05) is 6.07 Å². The molecule has 9 heteroatoms. The fourth-order valence-corrected chi connectivity index (χ4v) is 3.17. The molecular weight excluding hydrogens is 365 g/mol. The van der Waals surface area contributed by atoms with Gasteiger partial charge in [0.2, 0.25) is 0 Å². The largest absolute Gasteiger partial charge is 0.316 e. The molecule has 2 amide bonds. The number of hydrogen-bond donors (Lipinski definition) is 1. The second kappa shape index (κ2) is 6.81. The summed E-state index contributed by atoms with van der Waals surface area (Å²) < 4.78 is 13.9. The molecule has 7 nitrogen and oxygen atoms in total. The van der Waals surface area contributed by atoms with Gasteiger partial charge in [-0.15, -0.1) is 0 Å². The van der Waals surface area contributed by atoms with Gasteiger partial charge in [0.05, 0.1) is 28.1 Å². The molecule has 0 aliphatic carbocycles. The lowest BCUT2D eigenvalue weighted by Gasteiger charge is -2.20. The van der Waals surface area contributed by atoms with Crippen LogP contribution in [0, 0.1) is 15.9 Å². The van der Waals surface area contributed by atoms with Crippen molar-refractivity contribution in [3.63, 3.8) is 0 Å². The van der Waals surface area contributed by atoms with Crippen LogP contribution in [0.3, 0.4) is 0 Å². The van der Waals surface area contributed by atoms with Crippen molar-refractivity contribution in [3.05, 3.63) is 74.0 Å². The fourth-order valence-electron chi connectivity index (χ4n) is 2.94. The molecule has 134 valence electrons. The second-order valence-electron chi connectivity index (χ2n) is 5.99. The predicted molar refractivity (Wildman–Crippen MR) is 90.5 cm³/mol. The number of amides is 2. The maximum absolute atomic E-state index is 13.9. The van der Waals surface area contributed by atoms with E-state index >= 15 is 0 Å². The Bertz CT molecular complexity index is 914. The minimum absolute atomic E-state index is 0.000856. The van der Waals surface area contributed by atoms with E-state index in [0.717, 1.165) is 4.90 Å². The van der Waals surface area contributed by atoms with E-state index in [-0.39, 0.29) is 34.9 Å². The average molecular weight is 379 g/mol. The van der Waals surface area contributed by atoms with Gasteiger partial charge < -0.3 is 4.90 Å². The van der Waals surface area contributed by atoms with Gasteiger partial charge >= 0.3 is 0 Å². The number of benzene rings is 2. The predicted octanol–water partition coefficient (Wildman–Crippen LogP) is 1.66. The number of carbonyl (C=O) groups is 2. The summed E-state index contributed by atoms with van der Waals surface area (Å²) in [6.07, 6.45) is 0. The summed E-state index contributed by atoms with van der Waals surface area (Å²) in [6.45, 7) is 0.0647. The molecule has 0 radical (unpaired) electrons. The van der Waals surface area contributed by atoms with E-state index < -0.39 is 28.2 Å². The van der Waals surface area contributed by atoms with E-state index in [9.17, 15) is 24.1 Å². The van der Waals surface area contributed by atoms with Gasteiger partial charge in [-0.05, 0) is 18.2 Å². The number of carbonyl (C=O) groups excluding carboxylic acids is 2. The van der Waals surface area contributed by atoms with Crippen molar-refractivity contribution >= 4 is 29.1 Å². The molecule has 1 unspecified atom stereocenters. The van der Waals surface area contributed by atoms with Crippen molar-refractivity contribution in [2.45, 2.75) is 6.54 Å². The molecule has 0 bridgehead atoms. The number of nitro groups is 1. The monoisotopic (exact) mass is 378 g/mol. The first-order valence-corrected chi connectivity index (χ1v) is 8.07. The number of nitrogens with zero attached hydrogens (tertiary/aromatic N) is 2. The number of nitrogens with one attached hydrogen (secondary N) is 1. The summed E-state index contributed by atoms with van der Waals surface area (Å²) in [5.41, 5.74) is -0.340. The van der Waals surface area contributed by atoms with Crippen molar-refractivity contribution in [3.8, 4) is 0 Å². The Balaban J connectivity index is 1.83. The highest BCUT2D eigenvalue weighted by Crippen LogP contribution is 2.30. The molecule has 0 saturated heterocycles. The summed E-state index contributed by atoms with van der Waals surface area (Å²) in [6, 6.07) is 8.24. The van der Waals surface area contributed by atoms with E-state index in [0.29, 0.717) is 4.90 Å². The quantitative estimate of drug-likeness (QED) is 0.487. The van der Waals surface area contributed by atoms with Crippen LogP contribution in [0.15, 0.2) is 36.4 Å². The van der Waals surface area contributed by atoms with Crippen LogP contribution in [-0.4, -0.2) is 35.4 Å². The van der Waals surface area contributed by atoms with E-state index in [1.807, 2.05) is 0 Å². The fraction of sp³-hybridized carbons (Fsp3) is 0.176. The lowest BCUT2D eigenvalue weighted by atomic mass is 10.1. The van der Waals surface area contributed by atoms with Crippen LogP contribution in [0.1, 0.15) is 26.3 Å². The molecule has 1 heterocycles. The first-order chi connectivity index (χ1) is 12.3. The van der Waals surface area contributed by atoms with Crippen LogP contribution < -0.4 is 4.90 Å². The van der Waals surface area contributed by atoms with Crippen molar-refractivity contribution < 1.29 is 23.8 Å². The Labute approximate surface area is 152 Å². The van der Waals surface area contributed by atoms with E-state index in [4.69, 9.17) is 11.6 Å². The number of imide groups is 1. The highest BCUT2D eigenvalue weighted by Gasteiger charge is 2.42. The van der Waals surface area contributed by atoms with Crippen LogP contribution in [0.2, 0.25) is 5.02 Å². The maximum Gasteiger partial charge on any atom is 0.282 e. The summed E-state index contributed by atoms with van der Waals surface area (Å²) >= 11 is 6.00. The highest BCUT2D eigenvalue weighted by molar-refractivity contribution is 6.31. The topological polar surface area (TPSA) is 85.0 Å². The number of quaternary nitrogens is 1. The first-order valence-electron chi connectivity index (χ1n) is 7.69. The van der Waals surface area contributed by atoms with Gasteiger partial charge in [-0.25, -0.2) is 9.29 Å². The Morgan fingerprint density at radius 1 is 1.19 bits per heavy atom. The van der Waals surface area contributed by atoms with Crippen molar-refractivity contribution in [2.75, 3.05) is 13.7 Å². The smallest absolute Gasteiger partial charge is 0.282 e. The third-order valence-electron chi connectivity index (χ3n) is 4.14. The minimum Gasteiger partial charge on any atom is -0.316 e. The third-order valence-corrected chi connectivity index (χ3v) is 4.50. The van der Waals surface area contributed by atoms with E-state index in [1.165, 1.54) is 30.3 Å². The highest BCUT2D eigenvalue weighted by atomic mass is 35.5. The third kappa shape index (κ3) is 3.04. The summed E-state index contributed by atoms with van der Waals surface area (Å²) in [7, 11) is 1.67. The molecule has 0 saturated carbocycles. The Hall–Kier alpha value is -2.84.